The van der Waals surface area contributed by atoms with Crippen molar-refractivity contribution in [3.05, 3.63) is 29.3 Å². The molecule has 0 radical (unpaired) electrons. The Morgan fingerprint density at radius 3 is 2.56 bits per heavy atom. The summed E-state index contributed by atoms with van der Waals surface area (Å²) < 4.78 is 5.00. The molecule has 1 aromatic carbocycles. The third kappa shape index (κ3) is 2.38. The van der Waals surface area contributed by atoms with E-state index >= 15 is 0 Å². The Balaban J connectivity index is 3.26. The summed E-state index contributed by atoms with van der Waals surface area (Å²) in [5, 5.41) is 0. The Kier molecular flexibility index (Phi) is 4.02. The minimum Gasteiger partial charge on any atom is -0.497 e. The molecule has 0 aromatic heterocycles. The summed E-state index contributed by atoms with van der Waals surface area (Å²) in [6.45, 7) is 1.73. The molecule has 1 amide bonds. The van der Waals surface area contributed by atoms with E-state index in [9.17, 15) is 9.59 Å². The Bertz CT molecular complexity index is 416. The van der Waals surface area contributed by atoms with Crippen molar-refractivity contribution >= 4 is 11.7 Å². The van der Waals surface area contributed by atoms with Gasteiger partial charge in [-0.25, -0.2) is 5.84 Å². The normalized spacial score (nSPS) is 9.69. The second-order valence-electron chi connectivity index (χ2n) is 3.16. The fraction of sp³-hybridized carbons (Fsp3) is 0.273. The molecule has 0 spiro atoms. The van der Waals surface area contributed by atoms with Crippen molar-refractivity contribution in [3.63, 3.8) is 0 Å². The van der Waals surface area contributed by atoms with E-state index in [2.05, 4.69) is 0 Å². The van der Waals surface area contributed by atoms with Crippen molar-refractivity contribution in [1.82, 2.24) is 5.43 Å². The van der Waals surface area contributed by atoms with Gasteiger partial charge >= 0.3 is 0 Å². The second-order valence-corrected chi connectivity index (χ2v) is 3.16. The molecule has 0 aliphatic rings. The highest BCUT2D eigenvalue weighted by Crippen LogP contribution is 2.19. The first kappa shape index (κ1) is 12.2. The lowest BCUT2D eigenvalue weighted by Gasteiger charge is -2.08. The fourth-order valence-electron chi connectivity index (χ4n) is 1.35. The van der Waals surface area contributed by atoms with E-state index in [4.69, 9.17) is 10.6 Å². The average Bonchev–Trinajstić information content (AvgIpc) is 2.36. The van der Waals surface area contributed by atoms with E-state index in [1.54, 1.807) is 13.0 Å². The summed E-state index contributed by atoms with van der Waals surface area (Å²) in [7, 11) is 1.50. The highest BCUT2D eigenvalue weighted by atomic mass is 16.5. The maximum absolute atomic E-state index is 11.6. The van der Waals surface area contributed by atoms with E-state index in [1.807, 2.05) is 5.43 Å². The molecule has 86 valence electrons. The Morgan fingerprint density at radius 1 is 1.38 bits per heavy atom. The van der Waals surface area contributed by atoms with E-state index in [0.717, 1.165) is 0 Å². The molecule has 0 saturated carbocycles. The number of hydrogen-bond donors (Lipinski definition) is 2. The minimum absolute atomic E-state index is 0.127. The topological polar surface area (TPSA) is 81.4 Å². The molecule has 3 N–H and O–H groups in total. The van der Waals surface area contributed by atoms with Crippen LogP contribution >= 0.6 is 0 Å². The van der Waals surface area contributed by atoms with Crippen molar-refractivity contribution in [2.45, 2.75) is 13.3 Å². The SMILES string of the molecule is CCC(=O)c1cc(OC)ccc1C(=O)NN. The summed E-state index contributed by atoms with van der Waals surface area (Å²) in [4.78, 5) is 23.1. The molecule has 0 heterocycles. The molecule has 0 saturated heterocycles. The maximum atomic E-state index is 11.6. The van der Waals surface area contributed by atoms with Crippen LogP contribution in [0.4, 0.5) is 0 Å². The molecular weight excluding hydrogens is 208 g/mol. The Labute approximate surface area is 93.6 Å². The number of carbonyl (C=O) groups is 2. The lowest BCUT2D eigenvalue weighted by atomic mass is 10.0. The first-order chi connectivity index (χ1) is 7.63. The first-order valence-corrected chi connectivity index (χ1v) is 4.86. The number of Topliss-reactive ketones (excluding diaryl/α,β-unsaturated/α-hetero) is 1. The fourth-order valence-corrected chi connectivity index (χ4v) is 1.35. The highest BCUT2D eigenvalue weighted by molar-refractivity contribution is 6.08. The van der Waals surface area contributed by atoms with Gasteiger partial charge in [0, 0.05) is 12.0 Å². The van der Waals surface area contributed by atoms with Crippen molar-refractivity contribution in [3.8, 4) is 5.75 Å². The molecule has 0 bridgehead atoms. The van der Waals surface area contributed by atoms with Crippen molar-refractivity contribution in [1.29, 1.82) is 0 Å². The second kappa shape index (κ2) is 5.27. The van der Waals surface area contributed by atoms with Crippen LogP contribution in [0.3, 0.4) is 0 Å². The lowest BCUT2D eigenvalue weighted by Crippen LogP contribution is -2.31. The number of benzene rings is 1. The van der Waals surface area contributed by atoms with Crippen LogP contribution in [0.15, 0.2) is 18.2 Å². The molecule has 5 heteroatoms. The van der Waals surface area contributed by atoms with Gasteiger partial charge in [-0.1, -0.05) is 6.92 Å². The molecule has 1 rings (SSSR count). The molecule has 0 aliphatic heterocycles. The van der Waals surface area contributed by atoms with Gasteiger partial charge in [-0.15, -0.1) is 0 Å². The molecule has 0 atom stereocenters. The van der Waals surface area contributed by atoms with Crippen LogP contribution in [-0.2, 0) is 0 Å². The van der Waals surface area contributed by atoms with Gasteiger partial charge in [0.15, 0.2) is 5.78 Å². The number of nitrogen functional groups attached to an aromatic ring is 1. The van der Waals surface area contributed by atoms with Gasteiger partial charge in [0.25, 0.3) is 5.91 Å². The molecule has 0 fully saturated rings. The van der Waals surface area contributed by atoms with Gasteiger partial charge in [0.1, 0.15) is 5.75 Å². The van der Waals surface area contributed by atoms with Crippen LogP contribution in [-0.4, -0.2) is 18.8 Å². The van der Waals surface area contributed by atoms with E-state index in [0.29, 0.717) is 17.7 Å². The van der Waals surface area contributed by atoms with Gasteiger partial charge in [-0.05, 0) is 18.2 Å². The van der Waals surface area contributed by atoms with E-state index < -0.39 is 5.91 Å². The Morgan fingerprint density at radius 2 is 2.06 bits per heavy atom. The third-order valence-corrected chi connectivity index (χ3v) is 2.22. The van der Waals surface area contributed by atoms with E-state index in [1.165, 1.54) is 19.2 Å². The number of hydrazine groups is 1. The van der Waals surface area contributed by atoms with Gasteiger partial charge in [0.05, 0.1) is 12.7 Å². The van der Waals surface area contributed by atoms with Gasteiger partial charge < -0.3 is 4.74 Å². The molecular formula is C11H14N2O3. The van der Waals surface area contributed by atoms with Crippen LogP contribution < -0.4 is 16.0 Å². The van der Waals surface area contributed by atoms with Crippen LogP contribution in [0.1, 0.15) is 34.1 Å². The zero-order valence-corrected chi connectivity index (χ0v) is 9.24. The smallest absolute Gasteiger partial charge is 0.265 e. The number of nitrogens with one attached hydrogen (secondary N) is 1. The summed E-state index contributed by atoms with van der Waals surface area (Å²) in [6, 6.07) is 4.66. The monoisotopic (exact) mass is 222 g/mol. The number of rotatable bonds is 4. The molecule has 5 nitrogen and oxygen atoms in total. The number of carbonyl (C=O) groups excluding carboxylic acids is 2. The van der Waals surface area contributed by atoms with Crippen LogP contribution in [0.25, 0.3) is 0 Å². The highest BCUT2D eigenvalue weighted by Gasteiger charge is 2.16. The number of ketones is 1. The zero-order valence-electron chi connectivity index (χ0n) is 9.24. The number of nitrogens with two attached hydrogens (primary N) is 1. The third-order valence-electron chi connectivity index (χ3n) is 2.22. The summed E-state index contributed by atoms with van der Waals surface area (Å²) >= 11 is 0. The van der Waals surface area contributed by atoms with Crippen molar-refractivity contribution in [2.75, 3.05) is 7.11 Å². The standard InChI is InChI=1S/C11H14N2O3/c1-3-10(14)9-6-7(16-2)4-5-8(9)11(15)13-12/h4-6H,3,12H2,1-2H3,(H,13,15). The quantitative estimate of drug-likeness (QED) is 0.343. The molecule has 1 aromatic rings. The number of hydrogen-bond acceptors (Lipinski definition) is 4. The predicted molar refractivity (Wildman–Crippen MR) is 59.3 cm³/mol. The Hall–Kier alpha value is -1.88. The lowest BCUT2D eigenvalue weighted by molar-refractivity contribution is 0.0933. The first-order valence-electron chi connectivity index (χ1n) is 4.86. The van der Waals surface area contributed by atoms with Gasteiger partial charge in [0.2, 0.25) is 0 Å². The zero-order chi connectivity index (χ0) is 12.1. The van der Waals surface area contributed by atoms with Gasteiger partial charge in [-0.3, -0.25) is 15.0 Å². The number of methoxy groups -OCH3 is 1. The molecule has 0 unspecified atom stereocenters. The number of ether oxygens (including phenoxy) is 1. The largest absolute Gasteiger partial charge is 0.497 e. The van der Waals surface area contributed by atoms with E-state index in [-0.39, 0.29) is 11.3 Å². The van der Waals surface area contributed by atoms with Crippen molar-refractivity contribution in [2.24, 2.45) is 5.84 Å². The van der Waals surface area contributed by atoms with Crippen LogP contribution in [0.5, 0.6) is 5.75 Å². The van der Waals surface area contributed by atoms with Gasteiger partial charge in [-0.2, -0.15) is 0 Å². The van der Waals surface area contributed by atoms with Crippen LogP contribution in [0.2, 0.25) is 0 Å². The average molecular weight is 222 g/mol. The minimum atomic E-state index is -0.487. The van der Waals surface area contributed by atoms with Crippen LogP contribution in [0, 0.1) is 0 Å². The summed E-state index contributed by atoms with van der Waals surface area (Å²) in [5.74, 6) is 4.96. The predicted octanol–water partition coefficient (Wildman–Crippen LogP) is 0.891. The summed E-state index contributed by atoms with van der Waals surface area (Å²) in [5.41, 5.74) is 2.59. The maximum Gasteiger partial charge on any atom is 0.265 e. The van der Waals surface area contributed by atoms with Crippen molar-refractivity contribution < 1.29 is 14.3 Å². The molecule has 16 heavy (non-hydrogen) atoms. The summed E-state index contributed by atoms with van der Waals surface area (Å²) in [6.07, 6.45) is 0.317. The number of amides is 1. The molecule has 0 aliphatic carbocycles.